The van der Waals surface area contributed by atoms with Crippen molar-refractivity contribution in [3.05, 3.63) is 108 Å². The molecule has 0 radical (unpaired) electrons. The van der Waals surface area contributed by atoms with E-state index in [1.54, 1.807) is 36.7 Å². The van der Waals surface area contributed by atoms with Gasteiger partial charge in [-0.15, -0.1) is 0 Å². The van der Waals surface area contributed by atoms with Crippen LogP contribution in [-0.4, -0.2) is 101 Å². The number of allylic oxidation sites excluding steroid dienone is 1. The third-order valence-corrected chi connectivity index (χ3v) is 12.8. The second-order valence-electron chi connectivity index (χ2n) is 16.4. The van der Waals surface area contributed by atoms with Gasteiger partial charge in [-0.2, -0.15) is 0 Å². The highest BCUT2D eigenvalue weighted by Crippen LogP contribution is 2.45. The summed E-state index contributed by atoms with van der Waals surface area (Å²) in [7, 11) is 0. The molecule has 6 N–H and O–H groups in total. The summed E-state index contributed by atoms with van der Waals surface area (Å²) in [5.41, 5.74) is 16.9. The number of phenols is 1. The maximum atomic E-state index is 14.5. The van der Waals surface area contributed by atoms with Gasteiger partial charge in [0, 0.05) is 106 Å². The van der Waals surface area contributed by atoms with E-state index in [1.807, 2.05) is 36.5 Å². The minimum atomic E-state index is -0.651. The second-order valence-corrected chi connectivity index (χ2v) is 16.4. The Bertz CT molecular complexity index is 1950. The number of imide groups is 1. The summed E-state index contributed by atoms with van der Waals surface area (Å²) < 4.78 is 0. The van der Waals surface area contributed by atoms with E-state index in [-0.39, 0.29) is 34.8 Å². The summed E-state index contributed by atoms with van der Waals surface area (Å²) in [6, 6.07) is 19.3. The Morgan fingerprint density at radius 1 is 0.909 bits per heavy atom. The number of nitrogens with two attached hydrogens (primary N) is 2. The molecule has 288 valence electrons. The van der Waals surface area contributed by atoms with Crippen LogP contribution >= 0.6 is 0 Å². The van der Waals surface area contributed by atoms with Crippen molar-refractivity contribution in [3.63, 3.8) is 0 Å². The molecule has 3 aromatic rings. The van der Waals surface area contributed by atoms with E-state index in [0.717, 1.165) is 75.5 Å². The molecule has 1 spiro atoms. The monoisotopic (exact) mass is 744 g/mol. The number of carbonyl (C=O) groups is 3. The fraction of sp³-hybridized carbons (Fsp3) is 0.442. The van der Waals surface area contributed by atoms with Crippen LogP contribution in [0.2, 0.25) is 0 Å². The topological polar surface area (TPSA) is 161 Å². The number of aromatic hydroxyl groups is 1. The van der Waals surface area contributed by atoms with Gasteiger partial charge in [0.1, 0.15) is 5.75 Å². The van der Waals surface area contributed by atoms with Crippen molar-refractivity contribution in [2.45, 2.75) is 49.9 Å². The maximum Gasteiger partial charge on any atom is 0.234 e. The number of pyridine rings is 1. The Kier molecular flexibility index (Phi) is 10.0. The largest absolute Gasteiger partial charge is 0.507 e. The number of benzene rings is 2. The van der Waals surface area contributed by atoms with Gasteiger partial charge in [-0.1, -0.05) is 30.3 Å². The van der Waals surface area contributed by atoms with Gasteiger partial charge < -0.3 is 36.2 Å². The van der Waals surface area contributed by atoms with Gasteiger partial charge in [0.15, 0.2) is 0 Å². The lowest BCUT2D eigenvalue weighted by molar-refractivity contribution is -0.167. The Hall–Kier alpha value is -5.36. The van der Waals surface area contributed by atoms with Crippen LogP contribution in [0.25, 0.3) is 5.70 Å². The summed E-state index contributed by atoms with van der Waals surface area (Å²) in [4.78, 5) is 52.0. The molecule has 5 aliphatic heterocycles. The number of phenolic OH excluding ortho intramolecular Hbond substituents is 1. The van der Waals surface area contributed by atoms with Gasteiger partial charge in [-0.3, -0.25) is 24.7 Å². The zero-order valence-electron chi connectivity index (χ0n) is 31.4. The third kappa shape index (κ3) is 7.27. The van der Waals surface area contributed by atoms with Crippen LogP contribution in [0, 0.1) is 11.3 Å². The molecule has 55 heavy (non-hydrogen) atoms. The van der Waals surface area contributed by atoms with E-state index in [0.29, 0.717) is 56.0 Å². The number of rotatable bonds is 9. The Labute approximate surface area is 322 Å². The van der Waals surface area contributed by atoms with Crippen LogP contribution in [0.15, 0.2) is 91.0 Å². The lowest BCUT2D eigenvalue weighted by atomic mass is 9.67. The van der Waals surface area contributed by atoms with E-state index in [9.17, 15) is 19.5 Å². The molecule has 0 aliphatic carbocycles. The number of hydrogen-bond acceptors (Lipinski definition) is 10. The van der Waals surface area contributed by atoms with E-state index in [1.165, 1.54) is 5.69 Å². The molecule has 6 heterocycles. The molecule has 0 bridgehead atoms. The predicted octanol–water partition coefficient (Wildman–Crippen LogP) is 3.50. The molecular weight excluding hydrogens is 693 g/mol. The lowest BCUT2D eigenvalue weighted by Gasteiger charge is -2.62. The fourth-order valence-electron chi connectivity index (χ4n) is 9.73. The lowest BCUT2D eigenvalue weighted by Crippen LogP contribution is -2.74. The number of piperidine rings is 3. The Morgan fingerprint density at radius 3 is 2.29 bits per heavy atom. The minimum Gasteiger partial charge on any atom is -0.507 e. The van der Waals surface area contributed by atoms with Crippen LogP contribution in [0.3, 0.4) is 0 Å². The van der Waals surface area contributed by atoms with Crippen molar-refractivity contribution < 1.29 is 19.5 Å². The molecule has 1 unspecified atom stereocenters. The van der Waals surface area contributed by atoms with Crippen molar-refractivity contribution in [1.29, 1.82) is 0 Å². The number of amides is 3. The minimum absolute atomic E-state index is 0.115. The number of anilines is 1. The highest BCUT2D eigenvalue weighted by Gasteiger charge is 2.56. The van der Waals surface area contributed by atoms with Crippen LogP contribution in [0.1, 0.15) is 61.1 Å². The summed E-state index contributed by atoms with van der Waals surface area (Å²) >= 11 is 0. The molecule has 5 aliphatic rings. The van der Waals surface area contributed by atoms with Gasteiger partial charge in [0.2, 0.25) is 17.7 Å². The molecular formula is C43H52N8O4. The average molecular weight is 745 g/mol. The Balaban J connectivity index is 0.823. The summed E-state index contributed by atoms with van der Waals surface area (Å²) in [5, 5.41) is 12.8. The summed E-state index contributed by atoms with van der Waals surface area (Å²) in [5.74, 6) is 0.343. The molecule has 0 saturated carbocycles. The molecule has 8 rings (SSSR count). The highest BCUT2D eigenvalue weighted by molar-refractivity contribution is 6.01. The standard InChI is InChI=1S/C43H52N8O4/c44-23-34(22-37(45)36-5-1-2-6-38(36)52)50-20-15-43(16-21-50,32-4-3-17-46-24-32)41(55)51-28-42(29-51)26-48(27-42)25-30-13-18-49(19-14-30)33-9-7-31(8-10-33)35-11-12-39(53)47-40(35)54/h1-10,17,22-24,30,35,52H,11-16,18-21,25-29,44-45H2,(H,47,53,54)/b34-23+,37-22-. The molecule has 1 atom stereocenters. The molecule has 12 heteroatoms. The van der Waals surface area contributed by atoms with Gasteiger partial charge in [0.05, 0.1) is 17.0 Å². The molecule has 12 nitrogen and oxygen atoms in total. The first kappa shape index (κ1) is 36.6. The van der Waals surface area contributed by atoms with Crippen LogP contribution in [0.4, 0.5) is 5.69 Å². The smallest absolute Gasteiger partial charge is 0.234 e. The van der Waals surface area contributed by atoms with E-state index < -0.39 is 5.41 Å². The molecule has 5 fully saturated rings. The fourth-order valence-corrected chi connectivity index (χ4v) is 9.73. The van der Waals surface area contributed by atoms with Gasteiger partial charge in [-0.05, 0) is 85.6 Å². The van der Waals surface area contributed by atoms with E-state index in [2.05, 4.69) is 42.0 Å². The number of nitrogens with one attached hydrogen (secondary N) is 1. The quantitative estimate of drug-likeness (QED) is 0.189. The van der Waals surface area contributed by atoms with E-state index in [4.69, 9.17) is 11.5 Å². The average Bonchev–Trinajstić information content (AvgIpc) is 3.18. The Morgan fingerprint density at radius 2 is 1.64 bits per heavy atom. The second kappa shape index (κ2) is 15.1. The van der Waals surface area contributed by atoms with Gasteiger partial charge in [-0.25, -0.2) is 0 Å². The third-order valence-electron chi connectivity index (χ3n) is 12.8. The van der Waals surface area contributed by atoms with Crippen LogP contribution in [0.5, 0.6) is 5.75 Å². The van der Waals surface area contributed by atoms with Crippen molar-refractivity contribution in [3.8, 4) is 5.75 Å². The predicted molar refractivity (Wildman–Crippen MR) is 211 cm³/mol. The summed E-state index contributed by atoms with van der Waals surface area (Å²) in [6.45, 7) is 8.09. The number of likely N-dealkylation sites (tertiary alicyclic amines) is 3. The van der Waals surface area contributed by atoms with Crippen molar-refractivity contribution in [2.24, 2.45) is 22.8 Å². The van der Waals surface area contributed by atoms with Crippen molar-refractivity contribution in [2.75, 3.05) is 63.8 Å². The molecule has 5 saturated heterocycles. The summed E-state index contributed by atoms with van der Waals surface area (Å²) in [6.07, 6.45) is 11.5. The highest BCUT2D eigenvalue weighted by atomic mass is 16.3. The van der Waals surface area contributed by atoms with Crippen LogP contribution < -0.4 is 21.7 Å². The molecule has 2 aromatic carbocycles. The first-order valence-corrected chi connectivity index (χ1v) is 19.7. The first-order valence-electron chi connectivity index (χ1n) is 19.7. The SMILES string of the molecule is N/C=C(\C=C(/N)c1ccccc1O)N1CCC(C(=O)N2CC3(CN(CC4CCN(c5ccc(C6CCC(=O)NC6=O)cc5)CC4)C3)C2)(c2cccnc2)CC1. The molecule has 1 aromatic heterocycles. The number of para-hydroxylation sites is 1. The van der Waals surface area contributed by atoms with E-state index >= 15 is 0 Å². The number of carbonyl (C=O) groups excluding carboxylic acids is 3. The maximum absolute atomic E-state index is 14.5. The van der Waals surface area contributed by atoms with Gasteiger partial charge in [0.25, 0.3) is 0 Å². The normalized spacial score (nSPS) is 23.3. The van der Waals surface area contributed by atoms with Crippen LogP contribution in [-0.2, 0) is 19.8 Å². The van der Waals surface area contributed by atoms with Crippen molar-refractivity contribution in [1.82, 2.24) is 25.0 Å². The zero-order valence-corrected chi connectivity index (χ0v) is 31.4. The van der Waals surface area contributed by atoms with Crippen molar-refractivity contribution >= 4 is 29.1 Å². The number of nitrogens with zero attached hydrogens (tertiary/aromatic N) is 5. The first-order chi connectivity index (χ1) is 26.6. The van der Waals surface area contributed by atoms with Gasteiger partial charge >= 0.3 is 0 Å². The molecule has 3 amide bonds. The number of aromatic nitrogens is 1. The number of hydrogen-bond donors (Lipinski definition) is 4. The zero-order chi connectivity index (χ0) is 38.2.